The summed E-state index contributed by atoms with van der Waals surface area (Å²) < 4.78 is 19.3. The molecule has 0 aliphatic heterocycles. The van der Waals surface area contributed by atoms with Crippen molar-refractivity contribution < 1.29 is 8.82 Å². The summed E-state index contributed by atoms with van der Waals surface area (Å²) in [6.45, 7) is 13.0. The molecule has 0 fully saturated rings. The van der Waals surface area contributed by atoms with Crippen molar-refractivity contribution in [1.29, 1.82) is 0 Å². The van der Waals surface area contributed by atoms with Crippen LogP contribution >= 0.6 is 0 Å². The fourth-order valence-corrected chi connectivity index (χ4v) is 2.03. The molecule has 1 heterocycles. The molecule has 0 N–H and O–H groups in total. The summed E-state index contributed by atoms with van der Waals surface area (Å²) in [5.41, 5.74) is 1.24. The minimum Gasteiger partial charge on any atom is -0.411 e. The van der Waals surface area contributed by atoms with E-state index in [0.29, 0.717) is 17.9 Å². The Kier molecular flexibility index (Phi) is 4.09. The highest BCUT2D eigenvalue weighted by Gasteiger charge is 2.37. The minimum atomic E-state index is -1.78. The minimum absolute atomic E-state index is 0.163. The number of nitrogens with zero attached hydrogens (tertiary/aromatic N) is 1. The van der Waals surface area contributed by atoms with Crippen LogP contribution in [-0.2, 0) is 11.0 Å². The lowest BCUT2D eigenvalue weighted by Gasteiger charge is -2.36. The summed E-state index contributed by atoms with van der Waals surface area (Å²) in [5.74, 6) is -0.214. The molecule has 0 bridgehead atoms. The van der Waals surface area contributed by atoms with Crippen molar-refractivity contribution >= 4 is 8.32 Å². The van der Waals surface area contributed by atoms with E-state index in [1.165, 1.54) is 6.07 Å². The molecule has 1 aromatic rings. The standard InChI is InChI=1S/C13H22FNOSi/c1-10-8-15-11(7-12(10)14)9-16-17(5,6)13(2,3)4/h7-8H,9H2,1-6H3. The largest absolute Gasteiger partial charge is 0.411 e. The molecular formula is C13H22FNOSi. The van der Waals surface area contributed by atoms with Gasteiger partial charge in [0, 0.05) is 11.8 Å². The third kappa shape index (κ3) is 3.61. The molecule has 2 nitrogen and oxygen atoms in total. The number of aryl methyl sites for hydroxylation is 1. The van der Waals surface area contributed by atoms with Gasteiger partial charge in [0.2, 0.25) is 0 Å². The Morgan fingerprint density at radius 2 is 1.94 bits per heavy atom. The topological polar surface area (TPSA) is 22.1 Å². The molecule has 1 aromatic heterocycles. The number of aromatic nitrogens is 1. The van der Waals surface area contributed by atoms with E-state index >= 15 is 0 Å². The van der Waals surface area contributed by atoms with E-state index in [1.807, 2.05) is 0 Å². The zero-order valence-electron chi connectivity index (χ0n) is 11.6. The smallest absolute Gasteiger partial charge is 0.192 e. The van der Waals surface area contributed by atoms with Crippen LogP contribution in [0.15, 0.2) is 12.3 Å². The Morgan fingerprint density at radius 3 is 2.41 bits per heavy atom. The fourth-order valence-electron chi connectivity index (χ4n) is 1.09. The Hall–Kier alpha value is -0.743. The van der Waals surface area contributed by atoms with Crippen LogP contribution in [0, 0.1) is 12.7 Å². The molecular weight excluding hydrogens is 233 g/mol. The summed E-state index contributed by atoms with van der Waals surface area (Å²) in [6, 6.07) is 1.46. The second kappa shape index (κ2) is 4.86. The van der Waals surface area contributed by atoms with Crippen LogP contribution in [0.5, 0.6) is 0 Å². The lowest BCUT2D eigenvalue weighted by Crippen LogP contribution is -2.40. The average molecular weight is 255 g/mol. The summed E-state index contributed by atoms with van der Waals surface area (Å²) >= 11 is 0. The zero-order valence-corrected chi connectivity index (χ0v) is 12.6. The van der Waals surface area contributed by atoms with Crippen molar-refractivity contribution in [1.82, 2.24) is 4.98 Å². The first-order valence-electron chi connectivity index (χ1n) is 5.88. The molecule has 4 heteroatoms. The first kappa shape index (κ1) is 14.3. The van der Waals surface area contributed by atoms with Crippen molar-refractivity contribution in [3.8, 4) is 0 Å². The van der Waals surface area contributed by atoms with Gasteiger partial charge in [-0.1, -0.05) is 20.8 Å². The maximum absolute atomic E-state index is 13.3. The van der Waals surface area contributed by atoms with Gasteiger partial charge >= 0.3 is 0 Å². The van der Waals surface area contributed by atoms with Crippen LogP contribution in [-0.4, -0.2) is 13.3 Å². The first-order chi connectivity index (χ1) is 7.63. The lowest BCUT2D eigenvalue weighted by molar-refractivity contribution is 0.271. The Balaban J connectivity index is 2.71. The summed E-state index contributed by atoms with van der Waals surface area (Å²) in [5, 5.41) is 0.163. The van der Waals surface area contributed by atoms with Gasteiger partial charge in [-0.15, -0.1) is 0 Å². The molecule has 96 valence electrons. The number of hydrogen-bond acceptors (Lipinski definition) is 2. The molecule has 0 radical (unpaired) electrons. The number of halogens is 1. The van der Waals surface area contributed by atoms with Gasteiger partial charge in [-0.2, -0.15) is 0 Å². The maximum Gasteiger partial charge on any atom is 0.192 e. The highest BCUT2D eigenvalue weighted by molar-refractivity contribution is 6.74. The zero-order chi connectivity index (χ0) is 13.3. The van der Waals surface area contributed by atoms with Gasteiger partial charge in [0.1, 0.15) is 5.82 Å². The van der Waals surface area contributed by atoms with E-state index in [-0.39, 0.29) is 10.9 Å². The molecule has 0 saturated heterocycles. The molecule has 17 heavy (non-hydrogen) atoms. The SMILES string of the molecule is Cc1cnc(CO[Si](C)(C)C(C)(C)C)cc1F. The van der Waals surface area contributed by atoms with Crippen molar-refractivity contribution in [3.05, 3.63) is 29.3 Å². The van der Waals surface area contributed by atoms with Gasteiger partial charge in [0.05, 0.1) is 12.3 Å². The van der Waals surface area contributed by atoms with E-state index in [0.717, 1.165) is 0 Å². The summed E-state index contributed by atoms with van der Waals surface area (Å²) in [6.07, 6.45) is 1.56. The Bertz CT molecular complexity index is 399. The molecule has 0 aliphatic rings. The highest BCUT2D eigenvalue weighted by Crippen LogP contribution is 2.36. The summed E-state index contributed by atoms with van der Waals surface area (Å²) in [7, 11) is -1.78. The molecule has 1 rings (SSSR count). The normalized spacial score (nSPS) is 12.9. The number of pyridine rings is 1. The Morgan fingerprint density at radius 1 is 1.35 bits per heavy atom. The van der Waals surface area contributed by atoms with Crippen LogP contribution in [0.25, 0.3) is 0 Å². The van der Waals surface area contributed by atoms with E-state index in [1.54, 1.807) is 13.1 Å². The molecule has 0 aromatic carbocycles. The Labute approximate surface area is 104 Å². The lowest BCUT2D eigenvalue weighted by atomic mass is 10.2. The van der Waals surface area contributed by atoms with Crippen LogP contribution in [0.2, 0.25) is 18.1 Å². The van der Waals surface area contributed by atoms with Crippen molar-refractivity contribution in [2.24, 2.45) is 0 Å². The second-order valence-corrected chi connectivity index (χ2v) is 10.8. The highest BCUT2D eigenvalue weighted by atomic mass is 28.4. The van der Waals surface area contributed by atoms with E-state index in [9.17, 15) is 4.39 Å². The molecule has 0 amide bonds. The monoisotopic (exact) mass is 255 g/mol. The van der Waals surface area contributed by atoms with Gasteiger partial charge in [-0.3, -0.25) is 4.98 Å². The van der Waals surface area contributed by atoms with Gasteiger partial charge in [0.15, 0.2) is 8.32 Å². The van der Waals surface area contributed by atoms with Crippen molar-refractivity contribution in [3.63, 3.8) is 0 Å². The molecule has 0 saturated carbocycles. The van der Waals surface area contributed by atoms with E-state index in [4.69, 9.17) is 4.43 Å². The molecule has 0 aliphatic carbocycles. The number of hydrogen-bond donors (Lipinski definition) is 0. The molecule has 0 unspecified atom stereocenters. The molecule has 0 spiro atoms. The van der Waals surface area contributed by atoms with Crippen LogP contribution in [0.4, 0.5) is 4.39 Å². The maximum atomic E-state index is 13.3. The van der Waals surface area contributed by atoms with Gasteiger partial charge < -0.3 is 4.43 Å². The van der Waals surface area contributed by atoms with Crippen molar-refractivity contribution in [2.75, 3.05) is 0 Å². The van der Waals surface area contributed by atoms with Gasteiger partial charge in [-0.25, -0.2) is 4.39 Å². The third-order valence-corrected chi connectivity index (χ3v) is 7.96. The predicted molar refractivity (Wildman–Crippen MR) is 70.9 cm³/mol. The van der Waals surface area contributed by atoms with Crippen LogP contribution in [0.3, 0.4) is 0 Å². The van der Waals surface area contributed by atoms with Crippen molar-refractivity contribution in [2.45, 2.75) is 52.4 Å². The quantitative estimate of drug-likeness (QED) is 0.760. The third-order valence-electron chi connectivity index (χ3n) is 3.48. The van der Waals surface area contributed by atoms with Crippen LogP contribution < -0.4 is 0 Å². The van der Waals surface area contributed by atoms with E-state index in [2.05, 4.69) is 38.8 Å². The average Bonchev–Trinajstić information content (AvgIpc) is 2.18. The number of rotatable bonds is 3. The van der Waals surface area contributed by atoms with E-state index < -0.39 is 8.32 Å². The van der Waals surface area contributed by atoms with Gasteiger partial charge in [-0.05, 0) is 31.1 Å². The fraction of sp³-hybridized carbons (Fsp3) is 0.615. The summed E-state index contributed by atoms with van der Waals surface area (Å²) in [4.78, 5) is 4.18. The van der Waals surface area contributed by atoms with Gasteiger partial charge in [0.25, 0.3) is 0 Å². The predicted octanol–water partition coefficient (Wildman–Crippen LogP) is 4.05. The van der Waals surface area contributed by atoms with Crippen LogP contribution in [0.1, 0.15) is 32.0 Å². The second-order valence-electron chi connectivity index (χ2n) is 5.97. The molecule has 0 atom stereocenters. The first-order valence-corrected chi connectivity index (χ1v) is 8.79.